The molecule has 3 heterocycles. The number of aromatic nitrogens is 1. The maximum absolute atomic E-state index is 11.2. The van der Waals surface area contributed by atoms with Gasteiger partial charge in [0.1, 0.15) is 0 Å². The summed E-state index contributed by atoms with van der Waals surface area (Å²) in [7, 11) is 0. The van der Waals surface area contributed by atoms with Crippen LogP contribution < -0.4 is 4.90 Å². The fraction of sp³-hybridized carbons (Fsp3) is 0.538. The zero-order valence-corrected chi connectivity index (χ0v) is 11.4. The van der Waals surface area contributed by atoms with E-state index in [1.807, 2.05) is 4.90 Å². The van der Waals surface area contributed by atoms with Crippen molar-refractivity contribution >= 4 is 17.5 Å². The van der Waals surface area contributed by atoms with E-state index >= 15 is 0 Å². The average molecular weight is 292 g/mol. The van der Waals surface area contributed by atoms with Gasteiger partial charge in [-0.1, -0.05) is 0 Å². The summed E-state index contributed by atoms with van der Waals surface area (Å²) in [5, 5.41) is 20.1. The largest absolute Gasteiger partial charge is 0.478 e. The lowest BCUT2D eigenvalue weighted by atomic mass is 10.1. The van der Waals surface area contributed by atoms with Gasteiger partial charge in [-0.15, -0.1) is 0 Å². The number of piperazine rings is 1. The van der Waals surface area contributed by atoms with Gasteiger partial charge in [-0.2, -0.15) is 0 Å². The van der Waals surface area contributed by atoms with Crippen molar-refractivity contribution in [2.24, 2.45) is 0 Å². The van der Waals surface area contributed by atoms with Gasteiger partial charge in [0.25, 0.3) is 0 Å². The summed E-state index contributed by atoms with van der Waals surface area (Å²) in [6, 6.07) is 1.50. The van der Waals surface area contributed by atoms with Gasteiger partial charge in [0, 0.05) is 37.9 Å². The van der Waals surface area contributed by atoms with Crippen LogP contribution in [0.4, 0.5) is 11.5 Å². The third-order valence-electron chi connectivity index (χ3n) is 4.18. The summed E-state index contributed by atoms with van der Waals surface area (Å²) in [5.74, 6) is -0.936. The summed E-state index contributed by atoms with van der Waals surface area (Å²) >= 11 is 0. The van der Waals surface area contributed by atoms with Gasteiger partial charge in [0.15, 0.2) is 0 Å². The van der Waals surface area contributed by atoms with Crippen molar-refractivity contribution in [3.05, 3.63) is 27.9 Å². The van der Waals surface area contributed by atoms with E-state index in [0.717, 1.165) is 32.0 Å². The van der Waals surface area contributed by atoms with Crippen molar-refractivity contribution in [1.29, 1.82) is 0 Å². The molecule has 1 atom stereocenters. The molecule has 0 spiro atoms. The minimum absolute atomic E-state index is 0.162. The van der Waals surface area contributed by atoms with Gasteiger partial charge in [-0.25, -0.2) is 9.78 Å². The minimum atomic E-state index is -1.21. The highest BCUT2D eigenvalue weighted by molar-refractivity contribution is 5.88. The summed E-state index contributed by atoms with van der Waals surface area (Å²) in [5.41, 5.74) is -0.397. The molecular weight excluding hydrogens is 276 g/mol. The van der Waals surface area contributed by atoms with Crippen LogP contribution >= 0.6 is 0 Å². The zero-order chi connectivity index (χ0) is 15.0. The SMILES string of the molecule is O=C(O)c1cnc(N2CCN3CCCC3C2)c([N+](=O)[O-])c1. The number of rotatable bonds is 3. The molecule has 112 valence electrons. The number of hydrogen-bond acceptors (Lipinski definition) is 6. The van der Waals surface area contributed by atoms with Crippen LogP contribution in [0, 0.1) is 10.1 Å². The first kappa shape index (κ1) is 13.7. The molecule has 2 fully saturated rings. The van der Waals surface area contributed by atoms with E-state index in [2.05, 4.69) is 9.88 Å². The van der Waals surface area contributed by atoms with E-state index in [0.29, 0.717) is 19.1 Å². The molecule has 2 saturated heterocycles. The first-order valence-electron chi connectivity index (χ1n) is 6.93. The third-order valence-corrected chi connectivity index (χ3v) is 4.18. The summed E-state index contributed by atoms with van der Waals surface area (Å²) < 4.78 is 0. The van der Waals surface area contributed by atoms with Crippen molar-refractivity contribution in [2.75, 3.05) is 31.1 Å². The molecule has 1 unspecified atom stereocenters. The Balaban J connectivity index is 1.90. The summed E-state index contributed by atoms with van der Waals surface area (Å²) in [6.07, 6.45) is 3.44. The first-order chi connectivity index (χ1) is 10.1. The molecule has 0 amide bonds. The fourth-order valence-corrected chi connectivity index (χ4v) is 3.12. The Labute approximate surface area is 121 Å². The van der Waals surface area contributed by atoms with E-state index < -0.39 is 10.9 Å². The molecule has 8 heteroatoms. The van der Waals surface area contributed by atoms with Crippen LogP contribution in [-0.4, -0.2) is 58.1 Å². The van der Waals surface area contributed by atoms with E-state index in [4.69, 9.17) is 5.11 Å². The smallest absolute Gasteiger partial charge is 0.337 e. The van der Waals surface area contributed by atoms with Crippen molar-refractivity contribution in [2.45, 2.75) is 18.9 Å². The molecule has 8 nitrogen and oxygen atoms in total. The Morgan fingerprint density at radius 1 is 1.43 bits per heavy atom. The topological polar surface area (TPSA) is 99.8 Å². The lowest BCUT2D eigenvalue weighted by Crippen LogP contribution is -2.50. The van der Waals surface area contributed by atoms with Crippen molar-refractivity contribution in [3.63, 3.8) is 0 Å². The second-order valence-electron chi connectivity index (χ2n) is 5.41. The van der Waals surface area contributed by atoms with Gasteiger partial charge >= 0.3 is 11.7 Å². The molecule has 0 radical (unpaired) electrons. The first-order valence-corrected chi connectivity index (χ1v) is 6.93. The second-order valence-corrected chi connectivity index (χ2v) is 5.41. The number of anilines is 1. The average Bonchev–Trinajstić information content (AvgIpc) is 2.93. The van der Waals surface area contributed by atoms with Crippen LogP contribution in [0.25, 0.3) is 0 Å². The fourth-order valence-electron chi connectivity index (χ4n) is 3.12. The van der Waals surface area contributed by atoms with Crippen molar-refractivity contribution in [1.82, 2.24) is 9.88 Å². The quantitative estimate of drug-likeness (QED) is 0.654. The number of hydrogen-bond donors (Lipinski definition) is 1. The Morgan fingerprint density at radius 3 is 2.95 bits per heavy atom. The van der Waals surface area contributed by atoms with Gasteiger partial charge in [-0.3, -0.25) is 15.0 Å². The minimum Gasteiger partial charge on any atom is -0.478 e. The van der Waals surface area contributed by atoms with Crippen LogP contribution in [0.1, 0.15) is 23.2 Å². The number of carboxylic acid groups (broad SMARTS) is 1. The molecule has 21 heavy (non-hydrogen) atoms. The predicted molar refractivity (Wildman–Crippen MR) is 74.7 cm³/mol. The van der Waals surface area contributed by atoms with Gasteiger partial charge < -0.3 is 10.0 Å². The van der Waals surface area contributed by atoms with Crippen LogP contribution in [0.3, 0.4) is 0 Å². The Kier molecular flexibility index (Phi) is 3.46. The van der Waals surface area contributed by atoms with E-state index in [-0.39, 0.29) is 17.1 Å². The number of fused-ring (bicyclic) bond motifs is 1. The number of carbonyl (C=O) groups is 1. The molecule has 1 aromatic rings. The monoisotopic (exact) mass is 292 g/mol. The molecule has 3 rings (SSSR count). The highest BCUT2D eigenvalue weighted by atomic mass is 16.6. The highest BCUT2D eigenvalue weighted by Crippen LogP contribution is 2.30. The molecule has 0 saturated carbocycles. The van der Waals surface area contributed by atoms with Gasteiger partial charge in [0.05, 0.1) is 10.5 Å². The zero-order valence-electron chi connectivity index (χ0n) is 11.4. The van der Waals surface area contributed by atoms with Gasteiger partial charge in [0.2, 0.25) is 5.82 Å². The number of nitrogens with zero attached hydrogens (tertiary/aromatic N) is 4. The van der Waals surface area contributed by atoms with E-state index in [1.165, 1.54) is 6.20 Å². The Bertz CT molecular complexity index is 592. The van der Waals surface area contributed by atoms with Crippen molar-refractivity contribution < 1.29 is 14.8 Å². The third kappa shape index (κ3) is 2.54. The van der Waals surface area contributed by atoms with Crippen LogP contribution in [0.2, 0.25) is 0 Å². The number of aromatic carboxylic acids is 1. The molecule has 1 aromatic heterocycles. The molecule has 2 aliphatic heterocycles. The maximum Gasteiger partial charge on any atom is 0.337 e. The number of carboxylic acids is 1. The normalized spacial score (nSPS) is 22.1. The molecule has 2 aliphatic rings. The van der Waals surface area contributed by atoms with Crippen LogP contribution in [0.5, 0.6) is 0 Å². The van der Waals surface area contributed by atoms with E-state index in [1.54, 1.807) is 0 Å². The van der Waals surface area contributed by atoms with E-state index in [9.17, 15) is 14.9 Å². The molecule has 0 aliphatic carbocycles. The summed E-state index contributed by atoms with van der Waals surface area (Å²) in [6.45, 7) is 3.34. The van der Waals surface area contributed by atoms with Crippen molar-refractivity contribution in [3.8, 4) is 0 Å². The molecule has 1 N–H and O–H groups in total. The second kappa shape index (κ2) is 5.28. The summed E-state index contributed by atoms with van der Waals surface area (Å²) in [4.78, 5) is 29.9. The number of nitro groups is 1. The Morgan fingerprint density at radius 2 is 2.24 bits per heavy atom. The molecule has 0 bridgehead atoms. The number of pyridine rings is 1. The maximum atomic E-state index is 11.2. The lowest BCUT2D eigenvalue weighted by molar-refractivity contribution is -0.384. The molecule has 0 aromatic carbocycles. The highest BCUT2D eigenvalue weighted by Gasteiger charge is 2.33. The van der Waals surface area contributed by atoms with Gasteiger partial charge in [-0.05, 0) is 19.4 Å². The molecular formula is C13H16N4O4. The lowest BCUT2D eigenvalue weighted by Gasteiger charge is -2.37. The Hall–Kier alpha value is -2.22. The van der Waals surface area contributed by atoms with Crippen LogP contribution in [-0.2, 0) is 0 Å². The standard InChI is InChI=1S/C13H16N4O4/c18-13(19)9-6-11(17(20)21)12(14-7-9)16-5-4-15-3-1-2-10(15)8-16/h6-7,10H,1-5,8H2,(H,18,19). The van der Waals surface area contributed by atoms with Crippen LogP contribution in [0.15, 0.2) is 12.3 Å². The predicted octanol–water partition coefficient (Wildman–Crippen LogP) is 0.972.